The molecule has 0 saturated carbocycles. The van der Waals surface area contributed by atoms with Crippen molar-refractivity contribution in [2.45, 2.75) is 13.0 Å². The van der Waals surface area contributed by atoms with E-state index in [4.69, 9.17) is 5.73 Å². The second-order valence-corrected chi connectivity index (χ2v) is 9.69. The van der Waals surface area contributed by atoms with Crippen LogP contribution >= 0.6 is 11.3 Å². The van der Waals surface area contributed by atoms with E-state index in [1.165, 1.54) is 10.3 Å². The number of piperazine rings is 1. The van der Waals surface area contributed by atoms with Crippen LogP contribution in [0.15, 0.2) is 65.0 Å². The standard InChI is InChI=1S/C25H26F2N6OS/c26-24(27)19(14-28)13-23-30-31-25(34)33(23)15-21-11-18-2-1-17(12-22(18)35-21)16-3-5-20(6-4-16)32-9-7-29-8-10-32/h1-6,11-12,29H,7-10,13-15,28H2,(H,31,34). The first-order valence-corrected chi connectivity index (χ1v) is 12.3. The van der Waals surface area contributed by atoms with Crippen molar-refractivity contribution in [3.63, 3.8) is 0 Å². The molecule has 0 amide bonds. The van der Waals surface area contributed by atoms with Crippen LogP contribution in [0.3, 0.4) is 0 Å². The van der Waals surface area contributed by atoms with Crippen molar-refractivity contribution in [3.8, 4) is 11.1 Å². The van der Waals surface area contributed by atoms with Gasteiger partial charge in [0.2, 0.25) is 0 Å². The van der Waals surface area contributed by atoms with E-state index in [-0.39, 0.29) is 30.9 Å². The summed E-state index contributed by atoms with van der Waals surface area (Å²) in [6.07, 6.45) is -2.00. The molecule has 0 unspecified atom stereocenters. The van der Waals surface area contributed by atoms with Crippen LogP contribution < -0.4 is 21.6 Å². The van der Waals surface area contributed by atoms with Crippen molar-refractivity contribution >= 4 is 27.1 Å². The van der Waals surface area contributed by atoms with E-state index in [1.54, 1.807) is 11.3 Å². The summed E-state index contributed by atoms with van der Waals surface area (Å²) in [6, 6.07) is 17.0. The highest BCUT2D eigenvalue weighted by Crippen LogP contribution is 2.32. The van der Waals surface area contributed by atoms with E-state index in [0.29, 0.717) is 0 Å². The highest BCUT2D eigenvalue weighted by atomic mass is 32.1. The molecule has 10 heteroatoms. The lowest BCUT2D eigenvalue weighted by Gasteiger charge is -2.29. The Labute approximate surface area is 204 Å². The molecule has 4 aromatic rings. The number of halogens is 2. The van der Waals surface area contributed by atoms with Crippen LogP contribution in [0.25, 0.3) is 21.2 Å². The van der Waals surface area contributed by atoms with Crippen LogP contribution in [0.5, 0.6) is 0 Å². The number of nitrogens with one attached hydrogen (secondary N) is 2. The minimum atomic E-state index is -1.83. The van der Waals surface area contributed by atoms with Gasteiger partial charge in [0.05, 0.1) is 6.54 Å². The second kappa shape index (κ2) is 10.1. The topological polar surface area (TPSA) is 92.0 Å². The maximum Gasteiger partial charge on any atom is 0.343 e. The van der Waals surface area contributed by atoms with E-state index in [2.05, 4.69) is 62.9 Å². The summed E-state index contributed by atoms with van der Waals surface area (Å²) in [5.41, 5.74) is 8.26. The second-order valence-electron chi connectivity index (χ2n) is 8.53. The van der Waals surface area contributed by atoms with Gasteiger partial charge in [-0.3, -0.25) is 4.57 Å². The number of fused-ring (bicyclic) bond motifs is 1. The van der Waals surface area contributed by atoms with Gasteiger partial charge in [-0.25, -0.2) is 9.89 Å². The Kier molecular flexibility index (Phi) is 6.76. The molecule has 2 aromatic carbocycles. The summed E-state index contributed by atoms with van der Waals surface area (Å²) < 4.78 is 28.6. The molecule has 1 fully saturated rings. The van der Waals surface area contributed by atoms with Gasteiger partial charge in [-0.1, -0.05) is 24.3 Å². The van der Waals surface area contributed by atoms with Crippen molar-refractivity contribution in [2.24, 2.45) is 5.73 Å². The number of anilines is 1. The maximum atomic E-state index is 13.1. The van der Waals surface area contributed by atoms with Crippen molar-refractivity contribution in [2.75, 3.05) is 37.6 Å². The molecule has 0 atom stereocenters. The first-order chi connectivity index (χ1) is 17.0. The number of benzene rings is 2. The van der Waals surface area contributed by atoms with Gasteiger partial charge in [-0.15, -0.1) is 11.3 Å². The lowest BCUT2D eigenvalue weighted by Crippen LogP contribution is -2.43. The van der Waals surface area contributed by atoms with Crippen molar-refractivity contribution in [1.82, 2.24) is 20.1 Å². The smallest absolute Gasteiger partial charge is 0.343 e. The molecular formula is C25H26F2N6OS. The van der Waals surface area contributed by atoms with E-state index >= 15 is 0 Å². The van der Waals surface area contributed by atoms with Gasteiger partial charge in [0.1, 0.15) is 5.82 Å². The van der Waals surface area contributed by atoms with Gasteiger partial charge in [0.25, 0.3) is 6.08 Å². The number of thiophene rings is 1. The molecule has 0 aliphatic carbocycles. The molecule has 0 radical (unpaired) electrons. The fraction of sp³-hybridized carbons (Fsp3) is 0.280. The fourth-order valence-electron chi connectivity index (χ4n) is 4.34. The molecule has 2 aromatic heterocycles. The zero-order chi connectivity index (χ0) is 24.4. The normalized spacial score (nSPS) is 14.0. The van der Waals surface area contributed by atoms with Gasteiger partial charge < -0.3 is 16.0 Å². The number of nitrogens with zero attached hydrogens (tertiary/aromatic N) is 3. The van der Waals surface area contributed by atoms with Gasteiger partial charge in [0, 0.05) is 60.0 Å². The third-order valence-corrected chi connectivity index (χ3v) is 7.37. The molecule has 35 heavy (non-hydrogen) atoms. The lowest BCUT2D eigenvalue weighted by molar-refractivity contribution is 0.407. The molecule has 1 aliphatic rings. The van der Waals surface area contributed by atoms with Crippen molar-refractivity contribution in [1.29, 1.82) is 0 Å². The number of aromatic nitrogens is 3. The predicted octanol–water partition coefficient (Wildman–Crippen LogP) is 3.56. The van der Waals surface area contributed by atoms with E-state index in [1.807, 2.05) is 6.07 Å². The molecule has 182 valence electrons. The SMILES string of the molecule is NCC(Cc1n[nH]c(=O)n1Cc1cc2ccc(-c3ccc(N4CCNCC4)cc3)cc2s1)=C(F)F. The van der Waals surface area contributed by atoms with Crippen LogP contribution in [0.1, 0.15) is 10.7 Å². The number of aromatic amines is 1. The minimum absolute atomic E-state index is 0.170. The van der Waals surface area contributed by atoms with Crippen LogP contribution in [0.4, 0.5) is 14.5 Å². The van der Waals surface area contributed by atoms with Gasteiger partial charge in [-0.05, 0) is 40.8 Å². The molecule has 4 N–H and O–H groups in total. The molecule has 0 bridgehead atoms. The lowest BCUT2D eigenvalue weighted by atomic mass is 10.0. The summed E-state index contributed by atoms with van der Waals surface area (Å²) >= 11 is 1.58. The molecule has 5 rings (SSSR count). The first-order valence-electron chi connectivity index (χ1n) is 11.5. The average Bonchev–Trinajstić information content (AvgIpc) is 3.45. The highest BCUT2D eigenvalue weighted by molar-refractivity contribution is 7.19. The summed E-state index contributed by atoms with van der Waals surface area (Å²) in [6.45, 7) is 4.00. The van der Waals surface area contributed by atoms with Crippen LogP contribution in [-0.2, 0) is 13.0 Å². The number of hydrogen-bond donors (Lipinski definition) is 3. The summed E-state index contributed by atoms with van der Waals surface area (Å²) in [5.74, 6) is 0.242. The monoisotopic (exact) mass is 496 g/mol. The summed E-state index contributed by atoms with van der Waals surface area (Å²) in [5, 5.41) is 10.7. The van der Waals surface area contributed by atoms with Gasteiger partial charge >= 0.3 is 5.69 Å². The molecule has 1 aliphatic heterocycles. The Morgan fingerprint density at radius 1 is 1.06 bits per heavy atom. The van der Waals surface area contributed by atoms with Crippen LogP contribution in [-0.4, -0.2) is 47.5 Å². The van der Waals surface area contributed by atoms with Crippen LogP contribution in [0, 0.1) is 0 Å². The minimum Gasteiger partial charge on any atom is -0.369 e. The zero-order valence-electron chi connectivity index (χ0n) is 19.1. The molecular weight excluding hydrogens is 470 g/mol. The highest BCUT2D eigenvalue weighted by Gasteiger charge is 2.15. The average molecular weight is 497 g/mol. The Balaban J connectivity index is 1.37. The Bertz CT molecular complexity index is 1410. The van der Waals surface area contributed by atoms with Crippen molar-refractivity contribution in [3.05, 3.63) is 81.4 Å². The quantitative estimate of drug-likeness (QED) is 0.364. The summed E-state index contributed by atoms with van der Waals surface area (Å²) in [7, 11) is 0. The Morgan fingerprint density at radius 3 is 2.51 bits per heavy atom. The largest absolute Gasteiger partial charge is 0.369 e. The third kappa shape index (κ3) is 5.04. The Hall–Kier alpha value is -3.34. The summed E-state index contributed by atoms with van der Waals surface area (Å²) in [4.78, 5) is 15.6. The van der Waals surface area contributed by atoms with E-state index < -0.39 is 11.8 Å². The number of rotatable bonds is 7. The number of hydrogen-bond acceptors (Lipinski definition) is 6. The van der Waals surface area contributed by atoms with Gasteiger partial charge in [-0.2, -0.15) is 13.9 Å². The molecule has 3 heterocycles. The van der Waals surface area contributed by atoms with E-state index in [0.717, 1.165) is 52.3 Å². The van der Waals surface area contributed by atoms with Gasteiger partial charge in [0.15, 0.2) is 0 Å². The molecule has 7 nitrogen and oxygen atoms in total. The first kappa shape index (κ1) is 23.4. The maximum absolute atomic E-state index is 13.1. The molecule has 1 saturated heterocycles. The van der Waals surface area contributed by atoms with E-state index in [9.17, 15) is 13.6 Å². The third-order valence-electron chi connectivity index (χ3n) is 6.29. The number of H-pyrrole nitrogens is 1. The van der Waals surface area contributed by atoms with Crippen molar-refractivity contribution < 1.29 is 8.78 Å². The Morgan fingerprint density at radius 2 is 1.80 bits per heavy atom. The van der Waals surface area contributed by atoms with Crippen LogP contribution in [0.2, 0.25) is 0 Å². The zero-order valence-corrected chi connectivity index (χ0v) is 19.9. The predicted molar refractivity (Wildman–Crippen MR) is 136 cm³/mol. The number of nitrogens with two attached hydrogens (primary N) is 1. The fourth-order valence-corrected chi connectivity index (χ4v) is 5.44. The molecule has 0 spiro atoms.